The first kappa shape index (κ1) is 30.4. The Hall–Kier alpha value is -3.53. The van der Waals surface area contributed by atoms with Crippen LogP contribution in [0.5, 0.6) is 11.5 Å². The molecule has 220 valence electrons. The predicted octanol–water partition coefficient (Wildman–Crippen LogP) is 8.30. The molecule has 0 aliphatic heterocycles. The average Bonchev–Trinajstić information content (AvgIpc) is 2.96. The van der Waals surface area contributed by atoms with E-state index in [2.05, 4.69) is 0 Å². The van der Waals surface area contributed by atoms with Crippen molar-refractivity contribution >= 4 is 5.97 Å². The monoisotopic (exact) mass is 580 g/mol. The van der Waals surface area contributed by atoms with E-state index in [0.717, 1.165) is 18.2 Å². The lowest BCUT2D eigenvalue weighted by atomic mass is 9.78. The van der Waals surface area contributed by atoms with Crippen molar-refractivity contribution in [2.24, 2.45) is 5.92 Å². The highest BCUT2D eigenvalue weighted by atomic mass is 19.2. The summed E-state index contributed by atoms with van der Waals surface area (Å²) in [5.74, 6) is -10.7. The summed E-state index contributed by atoms with van der Waals surface area (Å²) in [5.41, 5.74) is -1.07. The molecule has 1 aliphatic carbocycles. The van der Waals surface area contributed by atoms with Gasteiger partial charge in [0.15, 0.2) is 34.8 Å². The molecule has 1 saturated carbocycles. The Morgan fingerprint density at radius 2 is 1.37 bits per heavy atom. The van der Waals surface area contributed by atoms with E-state index < -0.39 is 75.7 Å². The molecule has 0 bridgehead atoms. The van der Waals surface area contributed by atoms with Crippen molar-refractivity contribution in [2.45, 2.75) is 64.4 Å². The molecule has 0 heterocycles. The smallest absolute Gasteiger partial charge is 0.314 e. The van der Waals surface area contributed by atoms with Gasteiger partial charge in [0.1, 0.15) is 0 Å². The molecule has 4 nitrogen and oxygen atoms in total. The number of halogens is 6. The lowest BCUT2D eigenvalue weighted by Gasteiger charge is -2.28. The molecule has 0 aromatic heterocycles. The fourth-order valence-electron chi connectivity index (χ4n) is 5.24. The number of carbonyl (C=O) groups is 1. The summed E-state index contributed by atoms with van der Waals surface area (Å²) in [4.78, 5) is 12.7. The van der Waals surface area contributed by atoms with E-state index in [-0.39, 0.29) is 55.6 Å². The van der Waals surface area contributed by atoms with Gasteiger partial charge in [0.25, 0.3) is 0 Å². The number of ether oxygens (including phenoxy) is 2. The molecule has 41 heavy (non-hydrogen) atoms. The van der Waals surface area contributed by atoms with Gasteiger partial charge in [0, 0.05) is 16.7 Å². The predicted molar refractivity (Wildman–Crippen MR) is 139 cm³/mol. The van der Waals surface area contributed by atoms with Crippen LogP contribution in [0.25, 0.3) is 11.1 Å². The van der Waals surface area contributed by atoms with Gasteiger partial charge in [-0.1, -0.05) is 25.5 Å². The number of rotatable bonds is 9. The van der Waals surface area contributed by atoms with Crippen LogP contribution in [0.2, 0.25) is 0 Å². The van der Waals surface area contributed by atoms with Crippen LogP contribution >= 0.6 is 0 Å². The Kier molecular flexibility index (Phi) is 9.63. The Morgan fingerprint density at radius 3 is 2.00 bits per heavy atom. The van der Waals surface area contributed by atoms with Gasteiger partial charge < -0.3 is 14.6 Å². The standard InChI is InChI=1S/C31H30F6O4/c1-3-5-22(38)21-13-15-24(30(37)28(21)35)41-31(39)17-8-6-16(7-9-17)18-10-11-19(26(33)25(18)32)20-12-14-23(40-4-2)29(36)27(20)34/h10-17,22,38H,3-9H2,1-2H3. The van der Waals surface area contributed by atoms with E-state index >= 15 is 8.78 Å². The van der Waals surface area contributed by atoms with Crippen LogP contribution < -0.4 is 9.47 Å². The number of aliphatic hydroxyl groups excluding tert-OH is 1. The van der Waals surface area contributed by atoms with Gasteiger partial charge in [0.2, 0.25) is 11.6 Å². The zero-order chi connectivity index (χ0) is 29.8. The van der Waals surface area contributed by atoms with E-state index in [9.17, 15) is 27.5 Å². The van der Waals surface area contributed by atoms with E-state index in [1.54, 1.807) is 13.8 Å². The summed E-state index contributed by atoms with van der Waals surface area (Å²) in [6, 6.07) is 7.03. The normalized spacial score (nSPS) is 17.8. The van der Waals surface area contributed by atoms with Crippen LogP contribution in [0.15, 0.2) is 36.4 Å². The van der Waals surface area contributed by atoms with E-state index in [0.29, 0.717) is 6.42 Å². The molecule has 1 aliphatic rings. The third kappa shape index (κ3) is 6.22. The zero-order valence-corrected chi connectivity index (χ0v) is 22.6. The molecule has 3 aromatic rings. The molecule has 0 saturated heterocycles. The molecule has 0 radical (unpaired) electrons. The van der Waals surface area contributed by atoms with Crippen LogP contribution in [-0.2, 0) is 4.79 Å². The Morgan fingerprint density at radius 1 is 0.780 bits per heavy atom. The molecular weight excluding hydrogens is 550 g/mol. The summed E-state index contributed by atoms with van der Waals surface area (Å²) in [6.45, 7) is 3.48. The molecule has 0 amide bonds. The molecular formula is C31H30F6O4. The fourth-order valence-corrected chi connectivity index (χ4v) is 5.24. The Labute approximate surface area is 233 Å². The van der Waals surface area contributed by atoms with Crippen molar-refractivity contribution in [2.75, 3.05) is 6.61 Å². The van der Waals surface area contributed by atoms with E-state index in [1.807, 2.05) is 0 Å². The minimum Gasteiger partial charge on any atom is -0.491 e. The zero-order valence-electron chi connectivity index (χ0n) is 22.6. The summed E-state index contributed by atoms with van der Waals surface area (Å²) in [6.07, 6.45) is 0.619. The third-order valence-electron chi connectivity index (χ3n) is 7.46. The largest absolute Gasteiger partial charge is 0.491 e. The van der Waals surface area contributed by atoms with Gasteiger partial charge in [-0.05, 0) is 74.8 Å². The van der Waals surface area contributed by atoms with Crippen LogP contribution in [0.1, 0.15) is 75.5 Å². The Bertz CT molecular complexity index is 1420. The first-order valence-corrected chi connectivity index (χ1v) is 13.6. The van der Waals surface area contributed by atoms with Crippen LogP contribution in [0.4, 0.5) is 26.3 Å². The molecule has 1 unspecified atom stereocenters. The SMILES string of the molecule is CCCC(O)c1ccc(OC(=O)C2CCC(c3ccc(-c4ccc(OCC)c(F)c4F)c(F)c3F)CC2)c(F)c1F. The minimum atomic E-state index is -1.37. The van der Waals surface area contributed by atoms with Crippen LogP contribution in [-0.4, -0.2) is 17.7 Å². The number of hydrogen-bond donors (Lipinski definition) is 1. The second-order valence-electron chi connectivity index (χ2n) is 10.1. The average molecular weight is 581 g/mol. The van der Waals surface area contributed by atoms with Gasteiger partial charge in [0.05, 0.1) is 18.6 Å². The van der Waals surface area contributed by atoms with Crippen molar-refractivity contribution in [1.82, 2.24) is 0 Å². The molecule has 10 heteroatoms. The number of hydrogen-bond acceptors (Lipinski definition) is 4. The summed E-state index contributed by atoms with van der Waals surface area (Å²) >= 11 is 0. The van der Waals surface area contributed by atoms with Gasteiger partial charge in [-0.2, -0.15) is 8.78 Å². The van der Waals surface area contributed by atoms with Crippen molar-refractivity contribution in [3.63, 3.8) is 0 Å². The minimum absolute atomic E-state index is 0.0409. The second-order valence-corrected chi connectivity index (χ2v) is 10.1. The highest BCUT2D eigenvalue weighted by molar-refractivity contribution is 5.75. The lowest BCUT2D eigenvalue weighted by molar-refractivity contribution is -0.140. The maximum absolute atomic E-state index is 15.1. The van der Waals surface area contributed by atoms with Crippen molar-refractivity contribution in [3.8, 4) is 22.6 Å². The van der Waals surface area contributed by atoms with Crippen LogP contribution in [0.3, 0.4) is 0 Å². The van der Waals surface area contributed by atoms with Crippen molar-refractivity contribution in [3.05, 3.63) is 82.4 Å². The van der Waals surface area contributed by atoms with Gasteiger partial charge in [-0.25, -0.2) is 17.6 Å². The highest BCUT2D eigenvalue weighted by Gasteiger charge is 2.32. The first-order chi connectivity index (χ1) is 19.6. The Balaban J connectivity index is 1.44. The molecule has 0 spiro atoms. The van der Waals surface area contributed by atoms with Crippen molar-refractivity contribution in [1.29, 1.82) is 0 Å². The van der Waals surface area contributed by atoms with Gasteiger partial charge in [-0.15, -0.1) is 0 Å². The lowest BCUT2D eigenvalue weighted by Crippen LogP contribution is -2.26. The summed E-state index contributed by atoms with van der Waals surface area (Å²) < 4.78 is 98.1. The van der Waals surface area contributed by atoms with Gasteiger partial charge >= 0.3 is 5.97 Å². The second kappa shape index (κ2) is 13.0. The topological polar surface area (TPSA) is 55.8 Å². The van der Waals surface area contributed by atoms with E-state index in [1.165, 1.54) is 18.2 Å². The molecule has 1 N–H and O–H groups in total. The quantitative estimate of drug-likeness (QED) is 0.157. The molecule has 1 fully saturated rings. The molecule has 3 aromatic carbocycles. The maximum atomic E-state index is 15.1. The van der Waals surface area contributed by atoms with Crippen molar-refractivity contribution < 1.29 is 45.7 Å². The number of benzene rings is 3. The maximum Gasteiger partial charge on any atom is 0.314 e. The van der Waals surface area contributed by atoms with E-state index in [4.69, 9.17) is 9.47 Å². The van der Waals surface area contributed by atoms with Gasteiger partial charge in [-0.3, -0.25) is 4.79 Å². The number of esters is 1. The molecule has 1 atom stereocenters. The number of aliphatic hydroxyl groups is 1. The fraction of sp³-hybridized carbons (Fsp3) is 0.387. The first-order valence-electron chi connectivity index (χ1n) is 13.6. The highest BCUT2D eigenvalue weighted by Crippen LogP contribution is 2.40. The summed E-state index contributed by atoms with van der Waals surface area (Å²) in [5, 5.41) is 9.98. The molecule has 4 rings (SSSR count). The number of carbonyl (C=O) groups excluding carboxylic acids is 1. The summed E-state index contributed by atoms with van der Waals surface area (Å²) in [7, 11) is 0. The van der Waals surface area contributed by atoms with Crippen LogP contribution in [0, 0.1) is 40.8 Å². The third-order valence-corrected chi connectivity index (χ3v) is 7.46.